The minimum Gasteiger partial charge on any atom is -0.384 e. The summed E-state index contributed by atoms with van der Waals surface area (Å²) < 4.78 is 5.57. The quantitative estimate of drug-likeness (QED) is 0.487. The van der Waals surface area contributed by atoms with E-state index in [1.807, 2.05) is 19.1 Å². The molecule has 92 valence electrons. The average Bonchev–Trinajstić information content (AvgIpc) is 2.78. The van der Waals surface area contributed by atoms with Gasteiger partial charge in [0.05, 0.1) is 6.10 Å². The van der Waals surface area contributed by atoms with Crippen LogP contribution in [0.4, 0.5) is 0 Å². The lowest BCUT2D eigenvalue weighted by Gasteiger charge is -2.11. The van der Waals surface area contributed by atoms with Crippen LogP contribution in [0.15, 0.2) is 17.2 Å². The summed E-state index contributed by atoms with van der Waals surface area (Å²) in [7, 11) is 0. The van der Waals surface area contributed by atoms with Crippen LogP contribution in [0.2, 0.25) is 0 Å². The molecule has 3 N–H and O–H groups in total. The Morgan fingerprint density at radius 3 is 3.12 bits per heavy atom. The maximum atomic E-state index is 7.53. The molecule has 0 saturated carbocycles. The number of aryl methyl sites for hydroxylation is 1. The van der Waals surface area contributed by atoms with Crippen LogP contribution in [-0.2, 0) is 4.74 Å². The number of nitrogens with two attached hydrogens (primary N) is 1. The van der Waals surface area contributed by atoms with Crippen LogP contribution in [0.3, 0.4) is 0 Å². The molecule has 0 bridgehead atoms. The molecule has 17 heavy (non-hydrogen) atoms. The van der Waals surface area contributed by atoms with Gasteiger partial charge >= 0.3 is 0 Å². The summed E-state index contributed by atoms with van der Waals surface area (Å²) in [5.41, 5.74) is 7.22. The number of nitrogens with one attached hydrogen (secondary N) is 1. The summed E-state index contributed by atoms with van der Waals surface area (Å²) in [6.45, 7) is 2.81. The number of nitrogen functional groups attached to an aromatic ring is 1. The molecule has 0 amide bonds. The highest BCUT2D eigenvalue weighted by atomic mass is 32.2. The van der Waals surface area contributed by atoms with E-state index in [4.69, 9.17) is 15.9 Å². The Balaban J connectivity index is 2.07. The lowest BCUT2D eigenvalue weighted by atomic mass is 10.2. The summed E-state index contributed by atoms with van der Waals surface area (Å²) >= 11 is 1.63. The number of ether oxygens (including phenoxy) is 1. The molecule has 0 spiro atoms. The Kier molecular flexibility index (Phi) is 4.02. The third-order valence-electron chi connectivity index (χ3n) is 2.72. The fourth-order valence-electron chi connectivity index (χ4n) is 1.80. The largest absolute Gasteiger partial charge is 0.384 e. The summed E-state index contributed by atoms with van der Waals surface area (Å²) in [5.74, 6) is 0.962. The van der Waals surface area contributed by atoms with Gasteiger partial charge in [0, 0.05) is 23.6 Å². The topological polar surface area (TPSA) is 72.0 Å². The molecule has 1 aliphatic heterocycles. The minimum atomic E-state index is 0.0762. The monoisotopic (exact) mass is 251 g/mol. The van der Waals surface area contributed by atoms with Gasteiger partial charge in [-0.25, -0.2) is 4.98 Å². The van der Waals surface area contributed by atoms with Crippen LogP contribution < -0.4 is 5.73 Å². The standard InChI is InChI=1S/C12H17N3OS/c1-8-4-5-10(11(13)14)12(15-8)17-7-9-3-2-6-16-9/h4-5,9H,2-3,6-7H2,1H3,(H3,13,14). The summed E-state index contributed by atoms with van der Waals surface area (Å²) in [4.78, 5) is 4.44. The molecule has 1 fully saturated rings. The first-order valence-corrected chi connectivity index (χ1v) is 6.72. The van der Waals surface area contributed by atoms with Crippen molar-refractivity contribution in [2.75, 3.05) is 12.4 Å². The van der Waals surface area contributed by atoms with Crippen LogP contribution in [0.1, 0.15) is 24.1 Å². The molecule has 0 aromatic carbocycles. The van der Waals surface area contributed by atoms with Crippen LogP contribution >= 0.6 is 11.8 Å². The molecule has 1 atom stereocenters. The van der Waals surface area contributed by atoms with E-state index in [0.717, 1.165) is 41.5 Å². The van der Waals surface area contributed by atoms with Crippen molar-refractivity contribution in [3.05, 3.63) is 23.4 Å². The van der Waals surface area contributed by atoms with E-state index in [0.29, 0.717) is 6.10 Å². The zero-order valence-electron chi connectivity index (χ0n) is 9.90. The number of aromatic nitrogens is 1. The van der Waals surface area contributed by atoms with Crippen molar-refractivity contribution in [2.45, 2.75) is 30.9 Å². The number of hydrogen-bond acceptors (Lipinski definition) is 4. The molecule has 2 heterocycles. The fourth-order valence-corrected chi connectivity index (χ4v) is 2.94. The van der Waals surface area contributed by atoms with Gasteiger partial charge in [0.1, 0.15) is 10.9 Å². The number of thioether (sulfide) groups is 1. The molecule has 1 aromatic heterocycles. The number of amidine groups is 1. The molecule has 4 nitrogen and oxygen atoms in total. The summed E-state index contributed by atoms with van der Waals surface area (Å²) in [6, 6.07) is 3.75. The van der Waals surface area contributed by atoms with E-state index in [9.17, 15) is 0 Å². The SMILES string of the molecule is Cc1ccc(C(=N)N)c(SCC2CCCO2)n1. The molecule has 5 heteroatoms. The van der Waals surface area contributed by atoms with Crippen LogP contribution in [0, 0.1) is 12.3 Å². The van der Waals surface area contributed by atoms with E-state index >= 15 is 0 Å². The molecular weight excluding hydrogens is 234 g/mol. The lowest BCUT2D eigenvalue weighted by Crippen LogP contribution is -2.14. The Labute approximate surface area is 105 Å². The number of hydrogen-bond donors (Lipinski definition) is 2. The first-order chi connectivity index (χ1) is 8.16. The van der Waals surface area contributed by atoms with Gasteiger partial charge < -0.3 is 10.5 Å². The molecule has 0 radical (unpaired) electrons. The van der Waals surface area contributed by atoms with Crippen LogP contribution in [0.25, 0.3) is 0 Å². The summed E-state index contributed by atoms with van der Waals surface area (Å²) in [6.07, 6.45) is 2.59. The van der Waals surface area contributed by atoms with Gasteiger partial charge in [-0.2, -0.15) is 0 Å². The van der Waals surface area contributed by atoms with Crippen molar-refractivity contribution in [2.24, 2.45) is 5.73 Å². The molecule has 0 aliphatic carbocycles. The van der Waals surface area contributed by atoms with Crippen molar-refractivity contribution < 1.29 is 4.74 Å². The Bertz CT molecular complexity index is 416. The molecule has 2 rings (SSSR count). The van der Waals surface area contributed by atoms with Crippen LogP contribution in [0.5, 0.6) is 0 Å². The zero-order chi connectivity index (χ0) is 12.3. The van der Waals surface area contributed by atoms with E-state index in [2.05, 4.69) is 4.98 Å². The van der Waals surface area contributed by atoms with Crippen molar-refractivity contribution in [1.29, 1.82) is 5.41 Å². The number of nitrogens with zero attached hydrogens (tertiary/aromatic N) is 1. The molecule has 1 unspecified atom stereocenters. The van der Waals surface area contributed by atoms with Gasteiger partial charge in [0.15, 0.2) is 0 Å². The summed E-state index contributed by atoms with van der Waals surface area (Å²) in [5, 5.41) is 8.37. The van der Waals surface area contributed by atoms with Crippen molar-refractivity contribution in [1.82, 2.24) is 4.98 Å². The van der Waals surface area contributed by atoms with E-state index < -0.39 is 0 Å². The Morgan fingerprint density at radius 1 is 1.65 bits per heavy atom. The van der Waals surface area contributed by atoms with Crippen LogP contribution in [-0.4, -0.2) is 29.3 Å². The highest BCUT2D eigenvalue weighted by Crippen LogP contribution is 2.25. The normalized spacial score (nSPS) is 19.5. The predicted molar refractivity (Wildman–Crippen MR) is 69.7 cm³/mol. The highest BCUT2D eigenvalue weighted by molar-refractivity contribution is 7.99. The third kappa shape index (κ3) is 3.20. The van der Waals surface area contributed by atoms with Gasteiger partial charge in [0.2, 0.25) is 0 Å². The lowest BCUT2D eigenvalue weighted by molar-refractivity contribution is 0.129. The van der Waals surface area contributed by atoms with Crippen molar-refractivity contribution in [3.63, 3.8) is 0 Å². The smallest absolute Gasteiger partial charge is 0.125 e. The second kappa shape index (κ2) is 5.51. The van der Waals surface area contributed by atoms with Gasteiger partial charge in [-0.15, -0.1) is 11.8 Å². The van der Waals surface area contributed by atoms with Crippen molar-refractivity contribution >= 4 is 17.6 Å². The maximum Gasteiger partial charge on any atom is 0.125 e. The van der Waals surface area contributed by atoms with E-state index in [1.165, 1.54) is 0 Å². The van der Waals surface area contributed by atoms with Gasteiger partial charge in [-0.1, -0.05) is 0 Å². The molecule has 1 aromatic rings. The first kappa shape index (κ1) is 12.4. The highest BCUT2D eigenvalue weighted by Gasteiger charge is 2.17. The Morgan fingerprint density at radius 2 is 2.47 bits per heavy atom. The Hall–Kier alpha value is -1.07. The minimum absolute atomic E-state index is 0.0762. The second-order valence-electron chi connectivity index (χ2n) is 4.17. The third-order valence-corrected chi connectivity index (χ3v) is 3.84. The van der Waals surface area contributed by atoms with Gasteiger partial charge in [-0.05, 0) is 31.9 Å². The maximum absolute atomic E-state index is 7.53. The second-order valence-corrected chi connectivity index (χ2v) is 5.17. The predicted octanol–water partition coefficient (Wildman–Crippen LogP) is 1.95. The van der Waals surface area contributed by atoms with E-state index in [1.54, 1.807) is 11.8 Å². The molecular formula is C12H17N3OS. The number of pyridine rings is 1. The number of rotatable bonds is 4. The molecule has 1 saturated heterocycles. The van der Waals surface area contributed by atoms with Gasteiger partial charge in [-0.3, -0.25) is 5.41 Å². The molecule has 1 aliphatic rings. The zero-order valence-corrected chi connectivity index (χ0v) is 10.7. The van der Waals surface area contributed by atoms with E-state index in [-0.39, 0.29) is 5.84 Å². The first-order valence-electron chi connectivity index (χ1n) is 5.73. The fraction of sp³-hybridized carbons (Fsp3) is 0.500. The average molecular weight is 251 g/mol. The van der Waals surface area contributed by atoms with Gasteiger partial charge in [0.25, 0.3) is 0 Å². The van der Waals surface area contributed by atoms with Crippen molar-refractivity contribution in [3.8, 4) is 0 Å².